The first-order valence-electron chi connectivity index (χ1n) is 9.48. The van der Waals surface area contributed by atoms with Crippen LogP contribution in [-0.2, 0) is 24.6 Å². The number of primary amides is 1. The van der Waals surface area contributed by atoms with E-state index in [9.17, 15) is 29.4 Å². The molecule has 1 aliphatic carbocycles. The van der Waals surface area contributed by atoms with Crippen LogP contribution in [0.2, 0.25) is 0 Å². The maximum Gasteiger partial charge on any atom is 0.311 e. The summed E-state index contributed by atoms with van der Waals surface area (Å²) >= 11 is 0. The number of nitrogens with one attached hydrogen (secondary N) is 1. The van der Waals surface area contributed by atoms with Gasteiger partial charge in [-0.2, -0.15) is 0 Å². The maximum absolute atomic E-state index is 12.5. The van der Waals surface area contributed by atoms with Crippen LogP contribution in [0.4, 0.5) is 0 Å². The molecule has 0 saturated carbocycles. The van der Waals surface area contributed by atoms with E-state index in [4.69, 9.17) is 5.73 Å². The lowest BCUT2D eigenvalue weighted by Crippen LogP contribution is -2.42. The second kappa shape index (κ2) is 8.23. The summed E-state index contributed by atoms with van der Waals surface area (Å²) in [7, 11) is 1.42. The SMILES string of the molecule is CNC(=O)C1CC(C(CC(=O)O)C(N)=O)c2ccc(C(C)(C)C)cc2C1C(=O)O. The topological polar surface area (TPSA) is 147 Å². The fraction of sp³-hybridized carbons (Fsp3) is 0.524. The number of carbonyl (C=O) groups is 4. The van der Waals surface area contributed by atoms with Crippen LogP contribution >= 0.6 is 0 Å². The van der Waals surface area contributed by atoms with Crippen LogP contribution < -0.4 is 11.1 Å². The summed E-state index contributed by atoms with van der Waals surface area (Å²) in [6.45, 7) is 5.95. The second-order valence-corrected chi connectivity index (χ2v) is 8.58. The Hall–Kier alpha value is -2.90. The molecule has 0 heterocycles. The monoisotopic (exact) mass is 404 g/mol. The Morgan fingerprint density at radius 3 is 2.24 bits per heavy atom. The lowest BCUT2D eigenvalue weighted by molar-refractivity contribution is -0.145. The molecule has 5 N–H and O–H groups in total. The Labute approximate surface area is 169 Å². The predicted octanol–water partition coefficient (Wildman–Crippen LogP) is 1.58. The average Bonchev–Trinajstić information content (AvgIpc) is 2.62. The summed E-state index contributed by atoms with van der Waals surface area (Å²) in [6.07, 6.45) is -0.460. The van der Waals surface area contributed by atoms with E-state index >= 15 is 0 Å². The van der Waals surface area contributed by atoms with Crippen LogP contribution in [0.25, 0.3) is 0 Å². The van der Waals surface area contributed by atoms with Gasteiger partial charge in [-0.3, -0.25) is 19.2 Å². The summed E-state index contributed by atoms with van der Waals surface area (Å²) < 4.78 is 0. The van der Waals surface area contributed by atoms with Crippen LogP contribution in [0.1, 0.15) is 62.1 Å². The number of carboxylic acid groups (broad SMARTS) is 2. The number of hydrogen-bond donors (Lipinski definition) is 4. The van der Waals surface area contributed by atoms with Gasteiger partial charge in [0.05, 0.1) is 24.2 Å². The molecule has 4 atom stereocenters. The van der Waals surface area contributed by atoms with Crippen molar-refractivity contribution in [1.82, 2.24) is 5.32 Å². The Morgan fingerprint density at radius 1 is 1.17 bits per heavy atom. The van der Waals surface area contributed by atoms with Gasteiger partial charge in [0.2, 0.25) is 11.8 Å². The van der Waals surface area contributed by atoms with Gasteiger partial charge in [-0.25, -0.2) is 0 Å². The van der Waals surface area contributed by atoms with E-state index in [2.05, 4.69) is 5.32 Å². The molecule has 1 aromatic rings. The molecule has 0 aliphatic heterocycles. The predicted molar refractivity (Wildman–Crippen MR) is 105 cm³/mol. The number of fused-ring (bicyclic) bond motifs is 1. The quantitative estimate of drug-likeness (QED) is 0.566. The molecular weight excluding hydrogens is 376 g/mol. The molecule has 8 nitrogen and oxygen atoms in total. The Morgan fingerprint density at radius 2 is 1.79 bits per heavy atom. The van der Waals surface area contributed by atoms with Crippen molar-refractivity contribution in [1.29, 1.82) is 0 Å². The summed E-state index contributed by atoms with van der Waals surface area (Å²) in [4.78, 5) is 48.0. The highest BCUT2D eigenvalue weighted by Gasteiger charge is 2.46. The van der Waals surface area contributed by atoms with Crippen LogP contribution in [0.3, 0.4) is 0 Å². The molecule has 0 fully saturated rings. The van der Waals surface area contributed by atoms with Gasteiger partial charge in [0.15, 0.2) is 0 Å². The molecule has 0 bridgehead atoms. The van der Waals surface area contributed by atoms with E-state index in [1.54, 1.807) is 12.1 Å². The Balaban J connectivity index is 2.74. The van der Waals surface area contributed by atoms with Crippen molar-refractivity contribution in [3.63, 3.8) is 0 Å². The number of carboxylic acids is 2. The van der Waals surface area contributed by atoms with E-state index in [1.165, 1.54) is 7.05 Å². The molecule has 2 rings (SSSR count). The maximum atomic E-state index is 12.5. The lowest BCUT2D eigenvalue weighted by atomic mass is 9.64. The Kier molecular flexibility index (Phi) is 6.35. The summed E-state index contributed by atoms with van der Waals surface area (Å²) in [5.74, 6) is -7.32. The van der Waals surface area contributed by atoms with Crippen molar-refractivity contribution >= 4 is 23.8 Å². The number of carbonyl (C=O) groups excluding carboxylic acids is 2. The zero-order valence-electron chi connectivity index (χ0n) is 17.1. The van der Waals surface area contributed by atoms with Crippen LogP contribution in [0.5, 0.6) is 0 Å². The van der Waals surface area contributed by atoms with Crippen molar-refractivity contribution in [3.8, 4) is 0 Å². The largest absolute Gasteiger partial charge is 0.481 e. The minimum absolute atomic E-state index is 0.0272. The molecule has 2 amide bonds. The smallest absolute Gasteiger partial charge is 0.311 e. The van der Waals surface area contributed by atoms with E-state index < -0.39 is 53.8 Å². The van der Waals surface area contributed by atoms with Gasteiger partial charge in [0.25, 0.3) is 0 Å². The van der Waals surface area contributed by atoms with Crippen LogP contribution in [-0.4, -0.2) is 41.0 Å². The first-order chi connectivity index (χ1) is 13.4. The van der Waals surface area contributed by atoms with Gasteiger partial charge < -0.3 is 21.3 Å². The minimum atomic E-state index is -1.18. The molecule has 29 heavy (non-hydrogen) atoms. The first-order valence-corrected chi connectivity index (χ1v) is 9.48. The number of rotatable bonds is 6. The highest BCUT2D eigenvalue weighted by atomic mass is 16.4. The third kappa shape index (κ3) is 4.58. The van der Waals surface area contributed by atoms with Crippen LogP contribution in [0.15, 0.2) is 18.2 Å². The molecule has 158 valence electrons. The number of nitrogens with two attached hydrogens (primary N) is 1. The zero-order valence-corrected chi connectivity index (χ0v) is 17.1. The van der Waals surface area contributed by atoms with E-state index in [0.29, 0.717) is 11.1 Å². The molecule has 0 saturated heterocycles. The standard InChI is InChI=1S/C21H28N2O6/c1-21(2,3)10-5-6-11-12(14(18(22)26)9-16(24)25)8-15(19(27)23-4)17(20(28)29)13(11)7-10/h5-7,12,14-15,17H,8-9H2,1-4H3,(H2,22,26)(H,23,27)(H,24,25)(H,28,29). The number of benzene rings is 1. The molecule has 8 heteroatoms. The zero-order chi connectivity index (χ0) is 22.1. The highest BCUT2D eigenvalue weighted by Crippen LogP contribution is 2.47. The first kappa shape index (κ1) is 22.4. The summed E-state index contributed by atoms with van der Waals surface area (Å²) in [6, 6.07) is 5.35. The molecule has 1 aliphatic rings. The van der Waals surface area contributed by atoms with Gasteiger partial charge in [-0.05, 0) is 34.4 Å². The lowest BCUT2D eigenvalue weighted by Gasteiger charge is -2.38. The fourth-order valence-electron chi connectivity index (χ4n) is 4.16. The molecule has 4 unspecified atom stereocenters. The van der Waals surface area contributed by atoms with Crippen LogP contribution in [0, 0.1) is 11.8 Å². The van der Waals surface area contributed by atoms with E-state index in [0.717, 1.165) is 5.56 Å². The van der Waals surface area contributed by atoms with E-state index in [-0.39, 0.29) is 11.8 Å². The minimum Gasteiger partial charge on any atom is -0.481 e. The van der Waals surface area contributed by atoms with Crippen molar-refractivity contribution in [2.45, 2.75) is 50.9 Å². The number of aliphatic carboxylic acids is 2. The molecule has 0 spiro atoms. The van der Waals surface area contributed by atoms with Gasteiger partial charge in [-0.1, -0.05) is 39.0 Å². The summed E-state index contributed by atoms with van der Waals surface area (Å²) in [5.41, 5.74) is 7.12. The highest BCUT2D eigenvalue weighted by molar-refractivity contribution is 5.90. The van der Waals surface area contributed by atoms with Gasteiger partial charge in [-0.15, -0.1) is 0 Å². The van der Waals surface area contributed by atoms with Crippen molar-refractivity contribution in [3.05, 3.63) is 34.9 Å². The van der Waals surface area contributed by atoms with Gasteiger partial charge >= 0.3 is 11.9 Å². The normalized spacial score (nSPS) is 22.3. The molecule has 0 aromatic heterocycles. The Bertz CT molecular complexity index is 842. The third-order valence-electron chi connectivity index (χ3n) is 5.69. The molecular formula is C21H28N2O6. The third-order valence-corrected chi connectivity index (χ3v) is 5.69. The van der Waals surface area contributed by atoms with Crippen molar-refractivity contribution in [2.75, 3.05) is 7.05 Å². The number of hydrogen-bond acceptors (Lipinski definition) is 4. The molecule has 1 aromatic carbocycles. The second-order valence-electron chi connectivity index (χ2n) is 8.58. The summed E-state index contributed by atoms with van der Waals surface area (Å²) in [5, 5.41) is 21.6. The van der Waals surface area contributed by atoms with Crippen molar-refractivity contribution in [2.24, 2.45) is 17.6 Å². The van der Waals surface area contributed by atoms with Crippen molar-refractivity contribution < 1.29 is 29.4 Å². The van der Waals surface area contributed by atoms with E-state index in [1.807, 2.05) is 26.8 Å². The average molecular weight is 404 g/mol. The fourth-order valence-corrected chi connectivity index (χ4v) is 4.16. The van der Waals surface area contributed by atoms with Gasteiger partial charge in [0.1, 0.15) is 0 Å². The number of amides is 2. The van der Waals surface area contributed by atoms with Gasteiger partial charge in [0, 0.05) is 7.05 Å². The molecule has 0 radical (unpaired) electrons.